The summed E-state index contributed by atoms with van der Waals surface area (Å²) in [5.74, 6) is 2.97. The maximum atomic E-state index is 13.7. The number of benzene rings is 11. The average Bonchev–Trinajstić information content (AvgIpc) is 0.947. The number of rotatable bonds is 20. The molecular weight excluding hydrogens is 2290 g/mol. The summed E-state index contributed by atoms with van der Waals surface area (Å²) >= 11 is 0. The Morgan fingerprint density at radius 3 is 0.898 bits per heavy atom. The molecule has 9 aromatic heterocycles. The first-order valence-corrected chi connectivity index (χ1v) is 49.5. The minimum Gasteiger partial charge on any atom is -0.345 e. The Labute approximate surface area is 851 Å². The van der Waals surface area contributed by atoms with E-state index in [-0.39, 0.29) is 93.2 Å². The first-order chi connectivity index (χ1) is 65.4. The molecule has 0 aliphatic rings. The van der Waals surface area contributed by atoms with E-state index in [4.69, 9.17) is 4.98 Å². The van der Waals surface area contributed by atoms with Gasteiger partial charge in [-0.2, -0.15) is 34.5 Å². The molecule has 0 saturated heterocycles. The van der Waals surface area contributed by atoms with E-state index in [1.807, 2.05) is 170 Å². The van der Waals surface area contributed by atoms with Crippen molar-refractivity contribution in [1.29, 1.82) is 0 Å². The molecule has 1 radical (unpaired) electrons. The van der Waals surface area contributed by atoms with Crippen molar-refractivity contribution in [2.45, 2.75) is 76.5 Å². The van der Waals surface area contributed by atoms with E-state index in [1.165, 1.54) is 75.8 Å². The molecule has 0 spiro atoms. The summed E-state index contributed by atoms with van der Waals surface area (Å²) in [5, 5.41) is 16.1. The van der Waals surface area contributed by atoms with Gasteiger partial charge in [-0.05, 0) is 211 Å². The van der Waals surface area contributed by atoms with Crippen LogP contribution in [0.4, 0.5) is 8.78 Å². The molecule has 18 heteroatoms. The minimum absolute atomic E-state index is 0. The summed E-state index contributed by atoms with van der Waals surface area (Å²) in [6.07, 6.45) is 9.78. The van der Waals surface area contributed by atoms with E-state index in [0.29, 0.717) is 0 Å². The Morgan fingerprint density at radius 2 is 0.591 bits per heavy atom. The zero-order chi connectivity index (χ0) is 93.0. The van der Waals surface area contributed by atoms with Crippen LogP contribution in [0, 0.1) is 54.1 Å². The van der Waals surface area contributed by atoms with Crippen LogP contribution in [0.3, 0.4) is 0 Å². The smallest absolute Gasteiger partial charge is 0.345 e. The topological polar surface area (TPSA) is 100 Å². The van der Waals surface area contributed by atoms with E-state index >= 15 is 0 Å². The van der Waals surface area contributed by atoms with Gasteiger partial charge in [0.15, 0.2) is 0 Å². The van der Waals surface area contributed by atoms with Crippen LogP contribution in [0.25, 0.3) is 78.1 Å². The Hall–Kier alpha value is -12.4. The van der Waals surface area contributed by atoms with E-state index in [2.05, 4.69) is 364 Å². The summed E-state index contributed by atoms with van der Waals surface area (Å²) in [5.41, 5.74) is 16.5. The van der Waals surface area contributed by atoms with Gasteiger partial charge in [0.1, 0.15) is 11.6 Å². The van der Waals surface area contributed by atoms with Crippen molar-refractivity contribution in [3.8, 4) is 78.1 Å². The second-order valence-electron chi connectivity index (χ2n) is 33.5. The predicted octanol–water partition coefficient (Wildman–Crippen LogP) is 27.8. The molecule has 9 nitrogen and oxygen atoms in total. The fourth-order valence-corrected chi connectivity index (χ4v) is 24.0. The Morgan fingerprint density at radius 1 is 0.285 bits per heavy atom. The SMILES string of the molecule is CC(C)(c1[c-]c(C(C)(C)[PH+](c2ccccc2)c2ccccc2)ccc1)[PH+](c1ccccc1)c1ccccc1.CC(C)(c1ccccn1)c1cccc(C(C)(C)c2ccccn2)n1.Fc1cc(F)c(-n2cccn2)[c-]c1-n1cccn1.[Ir+3].[Ir+3].[Re].[c-]1c(-c2cccc[pH+]2)cccc1-c1cccc[pH+]1.[c-]1ccccc1-c1cccc(-c2[c-]cccc2)n1.[c-]1ccccc1-c1cccc(-c2[c-]cccc2)n1. The van der Waals surface area contributed by atoms with Gasteiger partial charge < -0.3 is 9.97 Å². The van der Waals surface area contributed by atoms with Crippen LogP contribution in [0.5, 0.6) is 0 Å². The number of pyridine rings is 5. The first kappa shape index (κ1) is 103. The molecule has 679 valence electrons. The van der Waals surface area contributed by atoms with E-state index in [0.717, 1.165) is 90.3 Å². The number of aromatic nitrogens is 9. The van der Waals surface area contributed by atoms with Crippen molar-refractivity contribution >= 4 is 53.4 Å². The summed E-state index contributed by atoms with van der Waals surface area (Å²) in [6.45, 7) is 18.3. The van der Waals surface area contributed by atoms with Gasteiger partial charge in [0, 0.05) is 80.1 Å². The van der Waals surface area contributed by atoms with Gasteiger partial charge in [0.25, 0.3) is 0 Å². The zero-order valence-electron chi connectivity index (χ0n) is 77.0. The Balaban J connectivity index is 0.000000151. The van der Waals surface area contributed by atoms with Crippen molar-refractivity contribution in [2.24, 2.45) is 0 Å². The summed E-state index contributed by atoms with van der Waals surface area (Å²) in [4.78, 5) is 23.3. The molecule has 11 aromatic carbocycles. The summed E-state index contributed by atoms with van der Waals surface area (Å²) in [6, 6.07) is 159. The monoisotopic (exact) mass is 2390 g/mol. The molecule has 0 aliphatic heterocycles. The van der Waals surface area contributed by atoms with Crippen LogP contribution < -0.4 is 21.2 Å². The van der Waals surface area contributed by atoms with Crippen LogP contribution in [0.15, 0.2) is 449 Å². The van der Waals surface area contributed by atoms with Crippen molar-refractivity contribution in [3.05, 3.63) is 537 Å². The molecule has 0 fully saturated rings. The van der Waals surface area contributed by atoms with Gasteiger partial charge >= 0.3 is 40.2 Å². The second kappa shape index (κ2) is 50.6. The van der Waals surface area contributed by atoms with Crippen LogP contribution in [0.1, 0.15) is 89.3 Å². The number of nitrogens with zero attached hydrogens (tertiary/aromatic N) is 9. The average molecular weight is 2390 g/mol. The third-order valence-corrected chi connectivity index (χ3v) is 31.8. The Bertz CT molecular complexity index is 6240. The van der Waals surface area contributed by atoms with E-state index in [9.17, 15) is 8.78 Å². The van der Waals surface area contributed by atoms with Gasteiger partial charge in [-0.3, -0.25) is 33.1 Å². The number of hydrogen-bond donors (Lipinski definition) is 0. The quantitative estimate of drug-likeness (QED) is 0.0553. The molecule has 20 rings (SSSR count). The molecule has 2 atom stereocenters. The van der Waals surface area contributed by atoms with Crippen LogP contribution >= 0.6 is 32.2 Å². The van der Waals surface area contributed by atoms with Crippen LogP contribution in [-0.2, 0) is 81.8 Å². The molecular formula is C119H102F2Ir2N9P4Re+3. The van der Waals surface area contributed by atoms with Crippen LogP contribution in [0.2, 0.25) is 0 Å². The van der Waals surface area contributed by atoms with Gasteiger partial charge in [0.05, 0.1) is 97.1 Å². The van der Waals surface area contributed by atoms with E-state index < -0.39 is 27.5 Å². The Kier molecular flexibility index (Phi) is 38.2. The third-order valence-electron chi connectivity index (χ3n) is 22.9. The van der Waals surface area contributed by atoms with Gasteiger partial charge in [-0.1, -0.05) is 157 Å². The molecule has 9 heterocycles. The molecule has 0 bridgehead atoms. The first-order valence-electron chi connectivity index (χ1n) is 44.4. The molecule has 20 aromatic rings. The third kappa shape index (κ3) is 27.1. The fraction of sp³-hybridized carbons (Fsp3) is 0.101. The molecule has 0 amide bonds. The maximum absolute atomic E-state index is 13.7. The maximum Gasteiger partial charge on any atom is 3.00 e. The van der Waals surface area contributed by atoms with Gasteiger partial charge in [-0.15, -0.1) is 185 Å². The second-order valence-corrected chi connectivity index (χ2v) is 42.2. The summed E-state index contributed by atoms with van der Waals surface area (Å²) < 4.78 is 29.9. The van der Waals surface area contributed by atoms with Crippen molar-refractivity contribution < 1.29 is 69.4 Å². The molecule has 2 unspecified atom stereocenters. The van der Waals surface area contributed by atoms with E-state index in [1.54, 1.807) is 24.5 Å². The molecule has 0 saturated carbocycles. The minimum atomic E-state index is -1.14. The van der Waals surface area contributed by atoms with Crippen LogP contribution in [-0.4, -0.2) is 44.5 Å². The predicted molar refractivity (Wildman–Crippen MR) is 558 cm³/mol. The van der Waals surface area contributed by atoms with Crippen molar-refractivity contribution in [3.63, 3.8) is 0 Å². The molecule has 0 aliphatic carbocycles. The van der Waals surface area contributed by atoms with Crippen molar-refractivity contribution in [1.82, 2.24) is 44.5 Å². The number of halogens is 2. The van der Waals surface area contributed by atoms with Gasteiger partial charge in [-0.25, -0.2) is 0 Å². The standard InChI is InChI=1S/C36H35P2.C21H23N3.2C17H11N.C16H11P2.C12H7F2N4.2Ir.Re/c1-35(2,37(31-20-9-5-10-21-31)32-22-11-6-12-23-32)29-18-17-19-30(28-29)36(3,4)38(33-24-13-7-14-25-33)34-26-15-8-16-27-34;1-20(2,16-10-5-7-14-22-16)18-12-9-13-19(24-18)21(3,4)17-11-6-8-15-23-17;2*1-3-8-14(9-4-1)16-12-7-13-17(18-16)15-10-5-2-6-11-15;1-3-10-17-15(8-1)13-6-5-7-14(12-13)16-9-2-4-11-18-16;13-9-7-10(14)12(18-6-2-4-16-18)8-11(9)17-5-1-3-15-17;;;/h5-27H,1-4H3;5-15H,1-4H3;2*1-8,10,12-13H;1-11H;1-7H;;;/q-1;;2*-2;2*-1;2*+3;/p+4. The normalized spacial score (nSPS) is 11.1. The fourth-order valence-electron chi connectivity index (χ4n) is 15.7. The number of hydrogen-bond acceptors (Lipinski definition) is 7. The van der Waals surface area contributed by atoms with Gasteiger partial charge in [0.2, 0.25) is 0 Å². The zero-order valence-corrected chi connectivity index (χ0v) is 88.6. The summed E-state index contributed by atoms with van der Waals surface area (Å²) in [7, 11) is -0.762. The van der Waals surface area contributed by atoms with Crippen molar-refractivity contribution in [2.75, 3.05) is 0 Å². The molecule has 137 heavy (non-hydrogen) atoms. The molecule has 0 N–H and O–H groups in total. The largest absolute Gasteiger partial charge is 3.00 e.